The zero-order valence-electron chi connectivity index (χ0n) is 9.60. The van der Waals surface area contributed by atoms with Gasteiger partial charge >= 0.3 is 5.97 Å². The van der Waals surface area contributed by atoms with Gasteiger partial charge in [0.2, 0.25) is 5.91 Å². The molecule has 1 amide bonds. The Hall–Kier alpha value is -1.56. The molecule has 1 aromatic carbocycles. The van der Waals surface area contributed by atoms with Gasteiger partial charge < -0.3 is 15.7 Å². The second-order valence-electron chi connectivity index (χ2n) is 4.31. The van der Waals surface area contributed by atoms with Crippen molar-refractivity contribution in [2.45, 2.75) is 6.42 Å². The first-order valence-electron chi connectivity index (χ1n) is 5.52. The van der Waals surface area contributed by atoms with E-state index in [4.69, 9.17) is 10.8 Å². The van der Waals surface area contributed by atoms with Crippen molar-refractivity contribution in [2.75, 3.05) is 22.5 Å². The smallest absolute Gasteiger partial charge is 0.335 e. The predicted molar refractivity (Wildman–Crippen MR) is 72.1 cm³/mol. The van der Waals surface area contributed by atoms with Crippen LogP contribution in [0.2, 0.25) is 0 Å². The molecule has 0 aromatic heterocycles. The Labute approximate surface area is 113 Å². The lowest BCUT2D eigenvalue weighted by Crippen LogP contribution is -2.26. The van der Waals surface area contributed by atoms with Gasteiger partial charge in [-0.2, -0.15) is 0 Å². The molecule has 1 heterocycles. The molecule has 0 spiro atoms. The Bertz CT molecular complexity index is 504. The number of benzene rings is 1. The first-order valence-corrected chi connectivity index (χ1v) is 6.64. The molecule has 0 aliphatic carbocycles. The van der Waals surface area contributed by atoms with E-state index in [2.05, 4.69) is 15.9 Å². The van der Waals surface area contributed by atoms with E-state index in [1.807, 2.05) is 0 Å². The van der Waals surface area contributed by atoms with Gasteiger partial charge in [0, 0.05) is 18.3 Å². The van der Waals surface area contributed by atoms with Gasteiger partial charge in [-0.15, -0.1) is 0 Å². The van der Waals surface area contributed by atoms with E-state index in [1.165, 1.54) is 18.2 Å². The predicted octanol–water partition coefficient (Wildman–Crippen LogP) is 1.71. The fourth-order valence-electron chi connectivity index (χ4n) is 2.03. The Morgan fingerprint density at radius 2 is 2.28 bits per heavy atom. The van der Waals surface area contributed by atoms with Crippen molar-refractivity contribution in [1.29, 1.82) is 0 Å². The number of carboxylic acids is 1. The highest BCUT2D eigenvalue weighted by Crippen LogP contribution is 2.31. The third-order valence-electron chi connectivity index (χ3n) is 2.99. The average Bonchev–Trinajstić information content (AvgIpc) is 2.71. The minimum absolute atomic E-state index is 0.0197. The number of nitrogens with zero attached hydrogens (tertiary/aromatic N) is 1. The third-order valence-corrected chi connectivity index (χ3v) is 3.91. The number of nitrogens with two attached hydrogens (primary N) is 1. The van der Waals surface area contributed by atoms with E-state index < -0.39 is 5.97 Å². The molecule has 0 radical (unpaired) electrons. The number of rotatable bonds is 3. The fourth-order valence-corrected chi connectivity index (χ4v) is 2.46. The molecular weight excluding hydrogens is 300 g/mol. The second kappa shape index (κ2) is 4.97. The van der Waals surface area contributed by atoms with Crippen LogP contribution in [0.4, 0.5) is 11.4 Å². The van der Waals surface area contributed by atoms with Crippen LogP contribution in [0.25, 0.3) is 0 Å². The first kappa shape index (κ1) is 12.9. The minimum Gasteiger partial charge on any atom is -0.478 e. The number of hydrogen-bond acceptors (Lipinski definition) is 3. The van der Waals surface area contributed by atoms with Crippen LogP contribution in [-0.4, -0.2) is 28.9 Å². The highest BCUT2D eigenvalue weighted by atomic mass is 79.9. The topological polar surface area (TPSA) is 83.6 Å². The summed E-state index contributed by atoms with van der Waals surface area (Å²) < 4.78 is 0. The number of halogens is 1. The van der Waals surface area contributed by atoms with E-state index in [-0.39, 0.29) is 17.4 Å². The molecule has 6 heteroatoms. The van der Waals surface area contributed by atoms with Crippen molar-refractivity contribution < 1.29 is 14.7 Å². The molecule has 1 aliphatic rings. The Balaban J connectivity index is 2.35. The van der Waals surface area contributed by atoms with Crippen LogP contribution in [-0.2, 0) is 4.79 Å². The second-order valence-corrected chi connectivity index (χ2v) is 4.96. The number of aromatic carboxylic acids is 1. The Morgan fingerprint density at radius 3 is 2.83 bits per heavy atom. The number of carbonyl (C=O) groups excluding carboxylic acids is 1. The quantitative estimate of drug-likeness (QED) is 0.657. The molecule has 1 atom stereocenters. The lowest BCUT2D eigenvalue weighted by molar-refractivity contribution is -0.117. The number of amides is 1. The summed E-state index contributed by atoms with van der Waals surface area (Å²) in [6, 6.07) is 4.41. The van der Waals surface area contributed by atoms with Crippen LogP contribution in [0.1, 0.15) is 16.8 Å². The summed E-state index contributed by atoms with van der Waals surface area (Å²) in [7, 11) is 0. The highest BCUT2D eigenvalue weighted by Gasteiger charge is 2.31. The number of nitrogen functional groups attached to an aromatic ring is 1. The molecule has 3 N–H and O–H groups in total. The van der Waals surface area contributed by atoms with Gasteiger partial charge in [-0.1, -0.05) is 15.9 Å². The van der Waals surface area contributed by atoms with Gasteiger partial charge in [0.05, 0.1) is 16.9 Å². The van der Waals surface area contributed by atoms with Crippen LogP contribution < -0.4 is 10.6 Å². The van der Waals surface area contributed by atoms with Crippen molar-refractivity contribution in [3.05, 3.63) is 23.8 Å². The molecule has 96 valence electrons. The highest BCUT2D eigenvalue weighted by molar-refractivity contribution is 9.09. The Kier molecular flexibility index (Phi) is 3.56. The summed E-state index contributed by atoms with van der Waals surface area (Å²) >= 11 is 3.36. The zero-order valence-corrected chi connectivity index (χ0v) is 11.2. The zero-order chi connectivity index (χ0) is 13.3. The maximum atomic E-state index is 11.9. The van der Waals surface area contributed by atoms with E-state index in [9.17, 15) is 9.59 Å². The van der Waals surface area contributed by atoms with Gasteiger partial charge in [0.1, 0.15) is 0 Å². The maximum Gasteiger partial charge on any atom is 0.335 e. The molecule has 1 fully saturated rings. The van der Waals surface area contributed by atoms with Crippen LogP contribution in [0.15, 0.2) is 18.2 Å². The number of alkyl halides is 1. The molecule has 2 rings (SSSR count). The van der Waals surface area contributed by atoms with Crippen molar-refractivity contribution in [2.24, 2.45) is 5.92 Å². The summed E-state index contributed by atoms with van der Waals surface area (Å²) in [6.07, 6.45) is 0.460. The van der Waals surface area contributed by atoms with E-state index in [1.54, 1.807) is 4.90 Å². The van der Waals surface area contributed by atoms with Gasteiger partial charge in [-0.05, 0) is 24.1 Å². The molecule has 1 aromatic rings. The molecule has 5 nitrogen and oxygen atoms in total. The third kappa shape index (κ3) is 2.33. The lowest BCUT2D eigenvalue weighted by Gasteiger charge is -2.19. The minimum atomic E-state index is -1.03. The molecule has 0 saturated carbocycles. The van der Waals surface area contributed by atoms with Crippen LogP contribution >= 0.6 is 15.9 Å². The van der Waals surface area contributed by atoms with Gasteiger partial charge in [-0.3, -0.25) is 4.79 Å². The van der Waals surface area contributed by atoms with Gasteiger partial charge in [0.15, 0.2) is 0 Å². The summed E-state index contributed by atoms with van der Waals surface area (Å²) in [6.45, 7) is 0.567. The van der Waals surface area contributed by atoms with Gasteiger partial charge in [-0.25, -0.2) is 4.79 Å². The summed E-state index contributed by atoms with van der Waals surface area (Å²) in [5.74, 6) is -0.806. The van der Waals surface area contributed by atoms with E-state index >= 15 is 0 Å². The fraction of sp³-hybridized carbons (Fsp3) is 0.333. The number of carboxylic acid groups (broad SMARTS) is 1. The van der Waals surface area contributed by atoms with Gasteiger partial charge in [0.25, 0.3) is 0 Å². The Morgan fingerprint density at radius 1 is 1.56 bits per heavy atom. The van der Waals surface area contributed by atoms with Crippen molar-refractivity contribution in [3.8, 4) is 0 Å². The summed E-state index contributed by atoms with van der Waals surface area (Å²) in [5.41, 5.74) is 6.86. The molecule has 1 aliphatic heterocycles. The average molecular weight is 313 g/mol. The number of anilines is 2. The first-order chi connectivity index (χ1) is 8.52. The molecule has 1 saturated heterocycles. The van der Waals surface area contributed by atoms with Crippen molar-refractivity contribution in [3.63, 3.8) is 0 Å². The van der Waals surface area contributed by atoms with Crippen molar-refractivity contribution in [1.82, 2.24) is 0 Å². The molecule has 18 heavy (non-hydrogen) atoms. The van der Waals surface area contributed by atoms with Crippen LogP contribution in [0.3, 0.4) is 0 Å². The molecule has 1 unspecified atom stereocenters. The summed E-state index contributed by atoms with van der Waals surface area (Å²) in [4.78, 5) is 24.4. The normalized spacial score (nSPS) is 19.3. The SMILES string of the molecule is Nc1ccc(C(=O)O)cc1N1CC(CBr)CC1=O. The van der Waals surface area contributed by atoms with E-state index in [0.717, 1.165) is 5.33 Å². The van der Waals surface area contributed by atoms with E-state index in [0.29, 0.717) is 24.3 Å². The largest absolute Gasteiger partial charge is 0.478 e. The molecule has 0 bridgehead atoms. The van der Waals surface area contributed by atoms with Crippen LogP contribution in [0.5, 0.6) is 0 Å². The standard InChI is InChI=1S/C12H13BrN2O3/c13-5-7-3-11(16)15(6-7)10-4-8(12(17)18)1-2-9(10)14/h1-2,4,7H,3,5-6,14H2,(H,17,18). The summed E-state index contributed by atoms with van der Waals surface area (Å²) in [5, 5.41) is 9.70. The molecular formula is C12H13BrN2O3. The lowest BCUT2D eigenvalue weighted by atomic mass is 10.1. The number of carbonyl (C=O) groups is 2. The van der Waals surface area contributed by atoms with Crippen LogP contribution in [0, 0.1) is 5.92 Å². The van der Waals surface area contributed by atoms with Crippen molar-refractivity contribution >= 4 is 39.2 Å². The monoisotopic (exact) mass is 312 g/mol. The number of hydrogen-bond donors (Lipinski definition) is 2. The maximum absolute atomic E-state index is 11.9.